The first-order valence-corrected chi connectivity index (χ1v) is 6.40. The molecule has 0 radical (unpaired) electrons. The van der Waals surface area contributed by atoms with Gasteiger partial charge in [-0.1, -0.05) is 15.9 Å². The third kappa shape index (κ3) is 2.48. The summed E-state index contributed by atoms with van der Waals surface area (Å²) in [4.78, 5) is 24.4. The molecule has 6 heteroatoms. The van der Waals surface area contributed by atoms with Crippen LogP contribution in [0.1, 0.15) is 12.8 Å². The number of nitrogens with two attached hydrogens (primary N) is 1. The first kappa shape index (κ1) is 12.9. The molecule has 0 aliphatic carbocycles. The molecular formula is C12H14BrN3O2. The highest BCUT2D eigenvalue weighted by atomic mass is 79.9. The Hall–Kier alpha value is -1.56. The van der Waals surface area contributed by atoms with Gasteiger partial charge in [-0.15, -0.1) is 0 Å². The summed E-state index contributed by atoms with van der Waals surface area (Å²) >= 11 is 3.32. The molecule has 0 saturated carbocycles. The Bertz CT molecular complexity index is 504. The maximum Gasteiger partial charge on any atom is 0.251 e. The molecule has 0 bridgehead atoms. The van der Waals surface area contributed by atoms with Crippen LogP contribution in [0.2, 0.25) is 0 Å². The minimum atomic E-state index is -0.392. The van der Waals surface area contributed by atoms with Crippen LogP contribution in [0, 0.1) is 0 Å². The van der Waals surface area contributed by atoms with E-state index in [1.165, 1.54) is 7.05 Å². The monoisotopic (exact) mass is 311 g/mol. The Kier molecular flexibility index (Phi) is 3.56. The Morgan fingerprint density at radius 3 is 2.83 bits per heavy atom. The molecular weight excluding hydrogens is 298 g/mol. The Morgan fingerprint density at radius 1 is 1.44 bits per heavy atom. The van der Waals surface area contributed by atoms with E-state index in [0.717, 1.165) is 9.37 Å². The van der Waals surface area contributed by atoms with Crippen LogP contribution >= 0.6 is 15.9 Å². The van der Waals surface area contributed by atoms with E-state index < -0.39 is 6.04 Å². The van der Waals surface area contributed by atoms with Crippen molar-refractivity contribution < 1.29 is 9.59 Å². The molecule has 1 aliphatic rings. The second kappa shape index (κ2) is 4.97. The molecule has 0 spiro atoms. The average Bonchev–Trinajstić information content (AvgIpc) is 2.33. The number of amides is 2. The molecule has 1 atom stereocenters. The number of carbonyl (C=O) groups excluding carboxylic acids is 2. The van der Waals surface area contributed by atoms with Gasteiger partial charge in [-0.3, -0.25) is 14.5 Å². The molecule has 5 nitrogen and oxygen atoms in total. The van der Waals surface area contributed by atoms with Gasteiger partial charge in [0.1, 0.15) is 6.04 Å². The Morgan fingerprint density at radius 2 is 2.17 bits per heavy atom. The molecule has 1 heterocycles. The molecule has 1 unspecified atom stereocenters. The van der Waals surface area contributed by atoms with Crippen LogP contribution in [-0.4, -0.2) is 29.8 Å². The zero-order chi connectivity index (χ0) is 13.3. The minimum Gasteiger partial charge on any atom is -0.397 e. The molecule has 18 heavy (non-hydrogen) atoms. The third-order valence-electron chi connectivity index (χ3n) is 2.99. The van der Waals surface area contributed by atoms with Crippen LogP contribution in [0.5, 0.6) is 0 Å². The van der Waals surface area contributed by atoms with Crippen molar-refractivity contribution in [1.29, 1.82) is 0 Å². The highest BCUT2D eigenvalue weighted by molar-refractivity contribution is 9.10. The van der Waals surface area contributed by atoms with Crippen LogP contribution in [-0.2, 0) is 9.59 Å². The standard InChI is InChI=1S/C12H14BrN3O2/c1-16-11(17)5-4-10(12(16)18)15-9-3-2-7(13)6-8(9)14/h2-3,6,10,15H,4-5,14H2,1H3. The maximum absolute atomic E-state index is 11.9. The lowest BCUT2D eigenvalue weighted by atomic mass is 10.0. The van der Waals surface area contributed by atoms with Gasteiger partial charge in [0.05, 0.1) is 11.4 Å². The number of anilines is 2. The number of piperidine rings is 1. The Balaban J connectivity index is 2.14. The van der Waals surface area contributed by atoms with Crippen LogP contribution in [0.25, 0.3) is 0 Å². The second-order valence-electron chi connectivity index (χ2n) is 4.26. The van der Waals surface area contributed by atoms with E-state index in [4.69, 9.17) is 5.73 Å². The van der Waals surface area contributed by atoms with Gasteiger partial charge in [0, 0.05) is 17.9 Å². The topological polar surface area (TPSA) is 75.4 Å². The fourth-order valence-corrected chi connectivity index (χ4v) is 2.28. The zero-order valence-corrected chi connectivity index (χ0v) is 11.5. The van der Waals surface area contributed by atoms with Gasteiger partial charge in [-0.2, -0.15) is 0 Å². The predicted molar refractivity (Wildman–Crippen MR) is 73.0 cm³/mol. The van der Waals surface area contributed by atoms with Crippen molar-refractivity contribution in [3.8, 4) is 0 Å². The first-order chi connectivity index (χ1) is 8.49. The van der Waals surface area contributed by atoms with Crippen molar-refractivity contribution in [3.63, 3.8) is 0 Å². The van der Waals surface area contributed by atoms with E-state index in [1.54, 1.807) is 6.07 Å². The molecule has 3 N–H and O–H groups in total. The van der Waals surface area contributed by atoms with Crippen LogP contribution in [0.4, 0.5) is 11.4 Å². The quantitative estimate of drug-likeness (QED) is 0.642. The smallest absolute Gasteiger partial charge is 0.251 e. The summed E-state index contributed by atoms with van der Waals surface area (Å²) in [6, 6.07) is 5.03. The number of imide groups is 1. The molecule has 2 amide bonds. The summed E-state index contributed by atoms with van der Waals surface area (Å²) in [6.45, 7) is 0. The van der Waals surface area contributed by atoms with Crippen LogP contribution < -0.4 is 11.1 Å². The number of nitrogens with one attached hydrogen (secondary N) is 1. The number of likely N-dealkylation sites (N-methyl/N-ethyl adjacent to an activating group) is 1. The minimum absolute atomic E-state index is 0.137. The van der Waals surface area contributed by atoms with Gasteiger partial charge in [0.15, 0.2) is 0 Å². The number of halogens is 1. The van der Waals surface area contributed by atoms with E-state index in [2.05, 4.69) is 21.2 Å². The van der Waals surface area contributed by atoms with Gasteiger partial charge < -0.3 is 11.1 Å². The summed E-state index contributed by atoms with van der Waals surface area (Å²) in [7, 11) is 1.50. The lowest BCUT2D eigenvalue weighted by molar-refractivity contribution is -0.146. The molecule has 96 valence electrons. The van der Waals surface area contributed by atoms with Crippen molar-refractivity contribution in [2.24, 2.45) is 0 Å². The van der Waals surface area contributed by atoms with Crippen LogP contribution in [0.15, 0.2) is 22.7 Å². The average molecular weight is 312 g/mol. The van der Waals surface area contributed by atoms with Gasteiger partial charge in [0.25, 0.3) is 5.91 Å². The first-order valence-electron chi connectivity index (χ1n) is 5.61. The number of carbonyl (C=O) groups is 2. The lowest BCUT2D eigenvalue weighted by Crippen LogP contribution is -2.48. The Labute approximate surface area is 113 Å². The molecule has 0 aromatic heterocycles. The number of rotatable bonds is 2. The maximum atomic E-state index is 11.9. The van der Waals surface area contributed by atoms with Crippen molar-refractivity contribution in [2.45, 2.75) is 18.9 Å². The number of hydrogen-bond donors (Lipinski definition) is 2. The number of likely N-dealkylation sites (tertiary alicyclic amines) is 1. The molecule has 1 aliphatic heterocycles. The fourth-order valence-electron chi connectivity index (χ4n) is 1.90. The van der Waals surface area contributed by atoms with Crippen molar-refractivity contribution >= 4 is 39.1 Å². The number of hydrogen-bond acceptors (Lipinski definition) is 4. The fraction of sp³-hybridized carbons (Fsp3) is 0.333. The zero-order valence-electron chi connectivity index (χ0n) is 9.94. The normalized spacial score (nSPS) is 20.1. The predicted octanol–water partition coefficient (Wildman–Crippen LogP) is 1.59. The van der Waals surface area contributed by atoms with Crippen molar-refractivity contribution in [1.82, 2.24) is 4.90 Å². The highest BCUT2D eigenvalue weighted by Crippen LogP contribution is 2.25. The van der Waals surface area contributed by atoms with E-state index in [-0.39, 0.29) is 11.8 Å². The summed E-state index contributed by atoms with van der Waals surface area (Å²) in [6.07, 6.45) is 0.869. The molecule has 1 aromatic carbocycles. The number of nitrogen functional groups attached to an aromatic ring is 1. The van der Waals surface area contributed by atoms with E-state index in [0.29, 0.717) is 24.2 Å². The van der Waals surface area contributed by atoms with E-state index >= 15 is 0 Å². The molecule has 1 aromatic rings. The second-order valence-corrected chi connectivity index (χ2v) is 5.17. The van der Waals surface area contributed by atoms with Crippen molar-refractivity contribution in [3.05, 3.63) is 22.7 Å². The van der Waals surface area contributed by atoms with Gasteiger partial charge in [0.2, 0.25) is 5.91 Å². The number of benzene rings is 1. The highest BCUT2D eigenvalue weighted by Gasteiger charge is 2.31. The van der Waals surface area contributed by atoms with Gasteiger partial charge >= 0.3 is 0 Å². The molecule has 2 rings (SSSR count). The summed E-state index contributed by atoms with van der Waals surface area (Å²) < 4.78 is 0.882. The van der Waals surface area contributed by atoms with Gasteiger partial charge in [-0.25, -0.2) is 0 Å². The summed E-state index contributed by atoms with van der Waals surface area (Å²) in [5.41, 5.74) is 7.14. The third-order valence-corrected chi connectivity index (χ3v) is 3.49. The summed E-state index contributed by atoms with van der Waals surface area (Å²) in [5, 5.41) is 3.09. The molecule has 1 saturated heterocycles. The van der Waals surface area contributed by atoms with Crippen molar-refractivity contribution in [2.75, 3.05) is 18.1 Å². The SMILES string of the molecule is CN1C(=O)CCC(Nc2ccc(Br)cc2N)C1=O. The summed E-state index contributed by atoms with van der Waals surface area (Å²) in [5.74, 6) is -0.351. The molecule has 1 fully saturated rings. The van der Waals surface area contributed by atoms with E-state index in [1.807, 2.05) is 12.1 Å². The largest absolute Gasteiger partial charge is 0.397 e. The van der Waals surface area contributed by atoms with Crippen LogP contribution in [0.3, 0.4) is 0 Å². The van der Waals surface area contributed by atoms with E-state index in [9.17, 15) is 9.59 Å². The van der Waals surface area contributed by atoms with Gasteiger partial charge in [-0.05, 0) is 24.6 Å². The lowest BCUT2D eigenvalue weighted by Gasteiger charge is -2.29. The number of nitrogens with zero attached hydrogens (tertiary/aromatic N) is 1.